The smallest absolute Gasteiger partial charge is 0.225 e. The number of amides is 1. The Hall–Kier alpha value is -2.83. The quantitative estimate of drug-likeness (QED) is 0.723. The fourth-order valence-corrected chi connectivity index (χ4v) is 3.85. The first-order valence-electron chi connectivity index (χ1n) is 10.6. The van der Waals surface area contributed by atoms with E-state index in [1.54, 1.807) is 7.11 Å². The molecule has 1 saturated carbocycles. The van der Waals surface area contributed by atoms with Crippen molar-refractivity contribution in [3.05, 3.63) is 41.6 Å². The van der Waals surface area contributed by atoms with Crippen molar-refractivity contribution in [3.63, 3.8) is 0 Å². The lowest BCUT2D eigenvalue weighted by molar-refractivity contribution is -0.126. The molecule has 0 aliphatic heterocycles. The van der Waals surface area contributed by atoms with Gasteiger partial charge < -0.3 is 20.3 Å². The molecule has 2 aromatic rings. The zero-order valence-corrected chi connectivity index (χ0v) is 18.6. The summed E-state index contributed by atoms with van der Waals surface area (Å²) in [6, 6.07) is 10.0. The third-order valence-electron chi connectivity index (χ3n) is 5.68. The fraction of sp³-hybridized carbons (Fsp3) is 0.522. The van der Waals surface area contributed by atoms with E-state index in [2.05, 4.69) is 20.6 Å². The first-order valence-corrected chi connectivity index (χ1v) is 10.6. The normalized spacial score (nSPS) is 19.6. The number of rotatable bonds is 7. The number of benzene rings is 1. The molecule has 1 amide bonds. The van der Waals surface area contributed by atoms with Gasteiger partial charge in [-0.25, -0.2) is 4.98 Å². The van der Waals surface area contributed by atoms with Crippen molar-refractivity contribution in [2.24, 2.45) is 5.92 Å². The van der Waals surface area contributed by atoms with Crippen LogP contribution in [0, 0.1) is 12.8 Å². The average Bonchev–Trinajstić information content (AvgIpc) is 2.73. The molecule has 1 heterocycles. The van der Waals surface area contributed by atoms with Crippen molar-refractivity contribution in [2.45, 2.75) is 51.6 Å². The second-order valence-electron chi connectivity index (χ2n) is 8.29. The molecule has 1 aromatic carbocycles. The van der Waals surface area contributed by atoms with Gasteiger partial charge in [-0.1, -0.05) is 12.1 Å². The maximum absolute atomic E-state index is 12.8. The second-order valence-corrected chi connectivity index (χ2v) is 8.29. The summed E-state index contributed by atoms with van der Waals surface area (Å²) in [6.45, 7) is 3.99. The summed E-state index contributed by atoms with van der Waals surface area (Å²) in [5, 5.41) is 6.63. The molecular weight excluding hydrogens is 378 g/mol. The van der Waals surface area contributed by atoms with Crippen LogP contribution in [0.3, 0.4) is 0 Å². The summed E-state index contributed by atoms with van der Waals surface area (Å²) < 4.78 is 5.28. The first-order chi connectivity index (χ1) is 14.4. The van der Waals surface area contributed by atoms with Crippen LogP contribution < -0.4 is 20.3 Å². The maximum atomic E-state index is 12.8. The Balaban J connectivity index is 1.52. The van der Waals surface area contributed by atoms with Gasteiger partial charge in [0.1, 0.15) is 11.6 Å². The van der Waals surface area contributed by atoms with E-state index in [1.165, 1.54) is 0 Å². The van der Waals surface area contributed by atoms with Gasteiger partial charge in [0.15, 0.2) is 0 Å². The highest BCUT2D eigenvalue weighted by atomic mass is 16.5. The fourth-order valence-electron chi connectivity index (χ4n) is 3.85. The predicted octanol–water partition coefficient (Wildman–Crippen LogP) is 3.71. The molecule has 0 saturated heterocycles. The van der Waals surface area contributed by atoms with E-state index in [0.29, 0.717) is 12.0 Å². The Morgan fingerprint density at radius 3 is 2.57 bits per heavy atom. The summed E-state index contributed by atoms with van der Waals surface area (Å²) in [7, 11) is 5.60. The summed E-state index contributed by atoms with van der Waals surface area (Å²) in [5.74, 6) is 2.54. The van der Waals surface area contributed by atoms with E-state index in [1.807, 2.05) is 63.2 Å². The molecule has 162 valence electrons. The van der Waals surface area contributed by atoms with Crippen LogP contribution in [0.5, 0.6) is 5.75 Å². The molecule has 7 heteroatoms. The number of carbonyl (C=O) groups is 1. The largest absolute Gasteiger partial charge is 0.497 e. The number of carbonyl (C=O) groups excluding carboxylic acids is 1. The van der Waals surface area contributed by atoms with Crippen molar-refractivity contribution in [1.29, 1.82) is 0 Å². The summed E-state index contributed by atoms with van der Waals surface area (Å²) in [4.78, 5) is 23.8. The minimum Gasteiger partial charge on any atom is -0.497 e. The van der Waals surface area contributed by atoms with Crippen molar-refractivity contribution in [1.82, 2.24) is 15.3 Å². The van der Waals surface area contributed by atoms with Crippen LogP contribution in [-0.2, 0) is 4.79 Å². The van der Waals surface area contributed by atoms with Crippen LogP contribution in [0.4, 0.5) is 11.8 Å². The lowest BCUT2D eigenvalue weighted by Crippen LogP contribution is -2.37. The lowest BCUT2D eigenvalue weighted by Gasteiger charge is -2.29. The molecule has 30 heavy (non-hydrogen) atoms. The molecule has 3 rings (SSSR count). The summed E-state index contributed by atoms with van der Waals surface area (Å²) in [5.41, 5.74) is 1.99. The molecular formula is C23H33N5O2. The van der Waals surface area contributed by atoms with Gasteiger partial charge >= 0.3 is 0 Å². The van der Waals surface area contributed by atoms with E-state index >= 15 is 0 Å². The van der Waals surface area contributed by atoms with Gasteiger partial charge in [0.05, 0.1) is 13.2 Å². The third kappa shape index (κ3) is 5.62. The first kappa shape index (κ1) is 21.9. The molecule has 1 fully saturated rings. The molecule has 0 bridgehead atoms. The molecule has 1 aliphatic rings. The topological polar surface area (TPSA) is 79.4 Å². The molecule has 2 N–H and O–H groups in total. The van der Waals surface area contributed by atoms with Crippen LogP contribution in [0.1, 0.15) is 49.9 Å². The van der Waals surface area contributed by atoms with Gasteiger partial charge in [0.25, 0.3) is 0 Å². The Morgan fingerprint density at radius 1 is 1.17 bits per heavy atom. The van der Waals surface area contributed by atoms with Gasteiger partial charge in [-0.2, -0.15) is 4.98 Å². The van der Waals surface area contributed by atoms with E-state index in [-0.39, 0.29) is 17.9 Å². The van der Waals surface area contributed by atoms with Crippen LogP contribution >= 0.6 is 0 Å². The number of hydrogen-bond acceptors (Lipinski definition) is 6. The van der Waals surface area contributed by atoms with Gasteiger partial charge in [-0.3, -0.25) is 4.79 Å². The standard InChI is InChI=1S/C23H33N5O2/c1-15-13-21(28(3)4)27-23(24-15)26-19-11-9-17(10-12-19)22(29)25-16(2)18-7-6-8-20(14-18)30-5/h6-8,13-14,16-17,19H,9-12H2,1-5H3,(H,25,29)(H,24,26,27). The van der Waals surface area contributed by atoms with Crippen molar-refractivity contribution < 1.29 is 9.53 Å². The van der Waals surface area contributed by atoms with E-state index in [9.17, 15) is 4.79 Å². The van der Waals surface area contributed by atoms with Crippen molar-refractivity contribution in [2.75, 3.05) is 31.4 Å². The van der Waals surface area contributed by atoms with Crippen LogP contribution in [0.2, 0.25) is 0 Å². The Bertz CT molecular complexity index is 862. The summed E-state index contributed by atoms with van der Waals surface area (Å²) in [6.07, 6.45) is 3.59. The minimum atomic E-state index is -0.0476. The summed E-state index contributed by atoms with van der Waals surface area (Å²) >= 11 is 0. The van der Waals surface area contributed by atoms with Crippen LogP contribution in [0.15, 0.2) is 30.3 Å². The highest BCUT2D eigenvalue weighted by Gasteiger charge is 2.27. The van der Waals surface area contributed by atoms with Crippen LogP contribution in [-0.4, -0.2) is 43.1 Å². The zero-order chi connectivity index (χ0) is 21.7. The number of nitrogens with one attached hydrogen (secondary N) is 2. The number of aryl methyl sites for hydroxylation is 1. The van der Waals surface area contributed by atoms with E-state index < -0.39 is 0 Å². The van der Waals surface area contributed by atoms with Gasteiger partial charge in [0.2, 0.25) is 11.9 Å². The molecule has 7 nitrogen and oxygen atoms in total. The van der Waals surface area contributed by atoms with Gasteiger partial charge in [0, 0.05) is 37.8 Å². The maximum Gasteiger partial charge on any atom is 0.225 e. The number of aromatic nitrogens is 2. The molecule has 0 radical (unpaired) electrons. The monoisotopic (exact) mass is 411 g/mol. The molecule has 1 aromatic heterocycles. The minimum absolute atomic E-state index is 0.0476. The van der Waals surface area contributed by atoms with E-state index in [4.69, 9.17) is 4.74 Å². The SMILES string of the molecule is COc1cccc(C(C)NC(=O)C2CCC(Nc3nc(C)cc(N(C)C)n3)CC2)c1. The average molecular weight is 412 g/mol. The Morgan fingerprint density at radius 2 is 1.90 bits per heavy atom. The molecule has 1 aliphatic carbocycles. The molecule has 1 atom stereocenters. The molecule has 0 spiro atoms. The van der Waals surface area contributed by atoms with Crippen LogP contribution in [0.25, 0.3) is 0 Å². The van der Waals surface area contributed by atoms with Gasteiger partial charge in [-0.15, -0.1) is 0 Å². The Kier molecular flexibility index (Phi) is 7.13. The number of nitrogens with zero attached hydrogens (tertiary/aromatic N) is 3. The highest BCUT2D eigenvalue weighted by Crippen LogP contribution is 2.28. The third-order valence-corrected chi connectivity index (χ3v) is 5.68. The second kappa shape index (κ2) is 9.78. The number of ether oxygens (including phenoxy) is 1. The Labute approximate surface area is 179 Å². The zero-order valence-electron chi connectivity index (χ0n) is 18.6. The lowest BCUT2D eigenvalue weighted by atomic mass is 9.85. The van der Waals surface area contributed by atoms with Gasteiger partial charge in [-0.05, 0) is 57.2 Å². The number of hydrogen-bond donors (Lipinski definition) is 2. The highest BCUT2D eigenvalue weighted by molar-refractivity contribution is 5.79. The predicted molar refractivity (Wildman–Crippen MR) is 120 cm³/mol. The van der Waals surface area contributed by atoms with Crippen molar-refractivity contribution in [3.8, 4) is 5.75 Å². The van der Waals surface area contributed by atoms with E-state index in [0.717, 1.165) is 48.5 Å². The number of methoxy groups -OCH3 is 1. The number of anilines is 2. The van der Waals surface area contributed by atoms with Crippen molar-refractivity contribution >= 4 is 17.7 Å². The molecule has 1 unspecified atom stereocenters.